The summed E-state index contributed by atoms with van der Waals surface area (Å²) in [7, 11) is 0. The van der Waals surface area contributed by atoms with Crippen molar-refractivity contribution in [2.45, 2.75) is 59.8 Å². The van der Waals surface area contributed by atoms with E-state index in [1.54, 1.807) is 6.21 Å². The van der Waals surface area contributed by atoms with Crippen LogP contribution in [0, 0.1) is 29.6 Å². The Hall–Kier alpha value is -1.81. The van der Waals surface area contributed by atoms with Gasteiger partial charge < -0.3 is 0 Å². The molecule has 0 heterocycles. The van der Waals surface area contributed by atoms with Crippen LogP contribution in [0.5, 0.6) is 0 Å². The highest BCUT2D eigenvalue weighted by Gasteiger charge is 2.14. The molecule has 1 rings (SSSR count). The Balaban J connectivity index is 2.86. The van der Waals surface area contributed by atoms with Crippen molar-refractivity contribution >= 4 is 6.21 Å². The molecule has 0 radical (unpaired) electrons. The van der Waals surface area contributed by atoms with Crippen molar-refractivity contribution in [2.24, 2.45) is 22.7 Å². The van der Waals surface area contributed by atoms with Gasteiger partial charge >= 0.3 is 0 Å². The summed E-state index contributed by atoms with van der Waals surface area (Å²) < 4.78 is 0. The second kappa shape index (κ2) is 12.6. The molecule has 0 saturated carbocycles. The highest BCUT2D eigenvalue weighted by molar-refractivity contribution is 5.54. The fraction of sp³-hybridized carbons (Fsp3) is 0.522. The first-order valence-corrected chi connectivity index (χ1v) is 9.41. The Morgan fingerprint density at radius 1 is 1.21 bits per heavy atom. The van der Waals surface area contributed by atoms with Crippen molar-refractivity contribution in [2.75, 3.05) is 0 Å². The van der Waals surface area contributed by atoms with Crippen molar-refractivity contribution in [3.63, 3.8) is 0 Å². The Morgan fingerprint density at radius 3 is 2.67 bits per heavy atom. The van der Waals surface area contributed by atoms with Crippen molar-refractivity contribution in [3.05, 3.63) is 48.2 Å². The van der Waals surface area contributed by atoms with Gasteiger partial charge in [0.15, 0.2) is 0 Å². The summed E-state index contributed by atoms with van der Waals surface area (Å²) in [6, 6.07) is 0. The standard InChI is InChI=1S/C23H33N/c1-5-11-22(6-2)23(16-14-20(4)18-19-24-7-3)17-15-21-12-9-8-10-13-21/h7,9,12-13,15,17-20,22-23H,5-6,8,10-11H2,1-4H3/b17-15+,19-18-,24-7-. The van der Waals surface area contributed by atoms with Crippen LogP contribution in [0.1, 0.15) is 59.8 Å². The second-order valence-corrected chi connectivity index (χ2v) is 6.35. The molecular weight excluding hydrogens is 290 g/mol. The Bertz CT molecular complexity index is 548. The zero-order valence-electron chi connectivity index (χ0n) is 15.8. The topological polar surface area (TPSA) is 12.4 Å². The average Bonchev–Trinajstić information content (AvgIpc) is 2.61. The van der Waals surface area contributed by atoms with Gasteiger partial charge in [-0.05, 0) is 44.6 Å². The molecule has 1 heteroatoms. The fourth-order valence-corrected chi connectivity index (χ4v) is 2.84. The summed E-state index contributed by atoms with van der Waals surface area (Å²) in [5, 5.41) is 0. The molecule has 0 aliphatic heterocycles. The maximum Gasteiger partial charge on any atom is 0.0414 e. The molecule has 3 atom stereocenters. The molecule has 0 aromatic carbocycles. The van der Waals surface area contributed by atoms with Gasteiger partial charge in [0.2, 0.25) is 0 Å². The van der Waals surface area contributed by atoms with E-state index in [1.807, 2.05) is 13.1 Å². The van der Waals surface area contributed by atoms with Crippen LogP contribution in [0.2, 0.25) is 0 Å². The van der Waals surface area contributed by atoms with Crippen molar-refractivity contribution in [1.82, 2.24) is 0 Å². The molecule has 1 nitrogen and oxygen atoms in total. The molecule has 0 fully saturated rings. The molecule has 0 spiro atoms. The molecule has 0 N–H and O–H groups in total. The van der Waals surface area contributed by atoms with Gasteiger partial charge in [-0.1, -0.05) is 75.0 Å². The minimum atomic E-state index is 0.234. The van der Waals surface area contributed by atoms with Gasteiger partial charge in [0.05, 0.1) is 0 Å². The smallest absolute Gasteiger partial charge is 0.0414 e. The lowest BCUT2D eigenvalue weighted by Gasteiger charge is -2.18. The largest absolute Gasteiger partial charge is 0.270 e. The first kappa shape index (κ1) is 20.2. The summed E-state index contributed by atoms with van der Waals surface area (Å²) in [6.45, 7) is 8.59. The molecule has 24 heavy (non-hydrogen) atoms. The Morgan fingerprint density at radius 2 is 2.04 bits per heavy atom. The highest BCUT2D eigenvalue weighted by atomic mass is 14.6. The minimum Gasteiger partial charge on any atom is -0.270 e. The molecule has 130 valence electrons. The summed E-state index contributed by atoms with van der Waals surface area (Å²) in [6.07, 6.45) is 23.0. The maximum atomic E-state index is 4.11. The number of aliphatic imine (C=N–C) groups is 1. The third kappa shape index (κ3) is 8.16. The number of allylic oxidation sites excluding steroid dienone is 7. The molecule has 0 aromatic heterocycles. The van der Waals surface area contributed by atoms with Crippen LogP contribution in [-0.4, -0.2) is 6.21 Å². The van der Waals surface area contributed by atoms with E-state index in [9.17, 15) is 0 Å². The first-order chi connectivity index (χ1) is 11.7. The third-order valence-corrected chi connectivity index (χ3v) is 4.30. The number of hydrogen-bond donors (Lipinski definition) is 0. The van der Waals surface area contributed by atoms with Gasteiger partial charge in [-0.3, -0.25) is 4.99 Å². The molecule has 1 aliphatic carbocycles. The molecule has 3 unspecified atom stereocenters. The fourth-order valence-electron chi connectivity index (χ4n) is 2.84. The van der Waals surface area contributed by atoms with Crippen molar-refractivity contribution < 1.29 is 0 Å². The van der Waals surface area contributed by atoms with Crippen LogP contribution in [0.25, 0.3) is 0 Å². The van der Waals surface area contributed by atoms with Gasteiger partial charge in [0, 0.05) is 24.3 Å². The summed E-state index contributed by atoms with van der Waals surface area (Å²) in [5.74, 6) is 8.13. The van der Waals surface area contributed by atoms with Gasteiger partial charge in [0.1, 0.15) is 0 Å². The maximum absolute atomic E-state index is 4.11. The lowest BCUT2D eigenvalue weighted by Crippen LogP contribution is -2.10. The van der Waals surface area contributed by atoms with Crippen LogP contribution in [-0.2, 0) is 0 Å². The van der Waals surface area contributed by atoms with Crippen LogP contribution < -0.4 is 0 Å². The molecule has 0 amide bonds. The monoisotopic (exact) mass is 323 g/mol. The van der Waals surface area contributed by atoms with E-state index in [4.69, 9.17) is 0 Å². The Labute approximate surface area is 149 Å². The second-order valence-electron chi connectivity index (χ2n) is 6.35. The summed E-state index contributed by atoms with van der Waals surface area (Å²) >= 11 is 0. The van der Waals surface area contributed by atoms with Crippen LogP contribution in [0.3, 0.4) is 0 Å². The quantitative estimate of drug-likeness (QED) is 0.357. The SMILES string of the molecule is C/C=N\C=C/C(C)C#CC(/C=C/C1=CCCC=C1)C(CC)CCC. The van der Waals surface area contributed by atoms with E-state index in [1.165, 1.54) is 24.8 Å². The average molecular weight is 324 g/mol. The van der Waals surface area contributed by atoms with Gasteiger partial charge in [-0.25, -0.2) is 0 Å². The van der Waals surface area contributed by atoms with E-state index in [0.29, 0.717) is 11.8 Å². The number of rotatable bonds is 8. The molecular formula is C23H33N. The van der Waals surface area contributed by atoms with Gasteiger partial charge in [-0.15, -0.1) is 0 Å². The number of hydrogen-bond acceptors (Lipinski definition) is 1. The minimum absolute atomic E-state index is 0.234. The highest BCUT2D eigenvalue weighted by Crippen LogP contribution is 2.23. The van der Waals surface area contributed by atoms with E-state index < -0.39 is 0 Å². The molecule has 0 bridgehead atoms. The zero-order chi connectivity index (χ0) is 17.6. The van der Waals surface area contributed by atoms with Gasteiger partial charge in [0.25, 0.3) is 0 Å². The van der Waals surface area contributed by atoms with Crippen molar-refractivity contribution in [1.29, 1.82) is 0 Å². The van der Waals surface area contributed by atoms with E-state index >= 15 is 0 Å². The number of nitrogens with zero attached hydrogens (tertiary/aromatic N) is 1. The van der Waals surface area contributed by atoms with E-state index in [-0.39, 0.29) is 5.92 Å². The predicted octanol–water partition coefficient (Wildman–Crippen LogP) is 6.51. The van der Waals surface area contributed by atoms with Crippen LogP contribution >= 0.6 is 0 Å². The third-order valence-electron chi connectivity index (χ3n) is 4.30. The molecule has 0 saturated heterocycles. The predicted molar refractivity (Wildman–Crippen MR) is 108 cm³/mol. The molecule has 0 aromatic rings. The van der Waals surface area contributed by atoms with Gasteiger partial charge in [-0.2, -0.15) is 0 Å². The van der Waals surface area contributed by atoms with Crippen molar-refractivity contribution in [3.8, 4) is 11.8 Å². The normalized spacial score (nSPS) is 18.6. The van der Waals surface area contributed by atoms with E-state index in [2.05, 4.69) is 74.1 Å². The summed E-state index contributed by atoms with van der Waals surface area (Å²) in [4.78, 5) is 4.11. The lowest BCUT2D eigenvalue weighted by atomic mass is 9.85. The van der Waals surface area contributed by atoms with Crippen LogP contribution in [0.4, 0.5) is 0 Å². The summed E-state index contributed by atoms with van der Waals surface area (Å²) in [5.41, 5.74) is 1.32. The van der Waals surface area contributed by atoms with Crippen LogP contribution in [0.15, 0.2) is 53.2 Å². The lowest BCUT2D eigenvalue weighted by molar-refractivity contribution is 0.412. The zero-order valence-corrected chi connectivity index (χ0v) is 15.8. The van der Waals surface area contributed by atoms with E-state index in [0.717, 1.165) is 12.8 Å². The first-order valence-electron chi connectivity index (χ1n) is 9.41. The Kier molecular flexibility index (Phi) is 10.6. The molecule has 1 aliphatic rings.